The molecule has 2 atom stereocenters. The molecule has 1 saturated carbocycles. The van der Waals surface area contributed by atoms with Crippen molar-refractivity contribution in [1.82, 2.24) is 15.5 Å². The minimum Gasteiger partial charge on any atom is -0.378 e. The van der Waals surface area contributed by atoms with Crippen LogP contribution in [0.15, 0.2) is 4.99 Å². The zero-order valence-corrected chi connectivity index (χ0v) is 16.5. The number of likely N-dealkylation sites (tertiary alicyclic amines) is 1. The molecule has 0 bridgehead atoms. The van der Waals surface area contributed by atoms with E-state index in [0.717, 1.165) is 38.3 Å². The highest BCUT2D eigenvalue weighted by Crippen LogP contribution is 2.51. The number of piperidine rings is 1. The summed E-state index contributed by atoms with van der Waals surface area (Å²) in [5.41, 5.74) is -0.0636. The SMILES string of the molecule is CN=C(NC1CCN(C(=O)COC)CC1)NC1CC(C)(OC)C1(C)C. The van der Waals surface area contributed by atoms with Gasteiger partial charge >= 0.3 is 0 Å². The molecular weight excluding hydrogens is 320 g/mol. The molecule has 25 heavy (non-hydrogen) atoms. The normalized spacial score (nSPS) is 29.9. The van der Waals surface area contributed by atoms with Gasteiger partial charge in [-0.2, -0.15) is 0 Å². The second-order valence-electron chi connectivity index (χ2n) is 7.86. The Bertz CT molecular complexity index is 501. The van der Waals surface area contributed by atoms with Gasteiger partial charge in [-0.25, -0.2) is 0 Å². The molecule has 2 unspecified atom stereocenters. The van der Waals surface area contributed by atoms with Gasteiger partial charge in [0.1, 0.15) is 6.61 Å². The third kappa shape index (κ3) is 4.08. The van der Waals surface area contributed by atoms with E-state index in [0.29, 0.717) is 12.1 Å². The predicted molar refractivity (Wildman–Crippen MR) is 98.7 cm³/mol. The zero-order chi connectivity index (χ0) is 18.7. The Balaban J connectivity index is 1.82. The Morgan fingerprint density at radius 3 is 2.32 bits per heavy atom. The lowest BCUT2D eigenvalue weighted by Crippen LogP contribution is -2.69. The summed E-state index contributed by atoms with van der Waals surface area (Å²) < 4.78 is 10.6. The first-order chi connectivity index (χ1) is 11.8. The van der Waals surface area contributed by atoms with Crippen molar-refractivity contribution >= 4 is 11.9 Å². The molecule has 1 saturated heterocycles. The summed E-state index contributed by atoms with van der Waals surface area (Å²) in [4.78, 5) is 18.1. The van der Waals surface area contributed by atoms with Gasteiger partial charge in [0.15, 0.2) is 5.96 Å². The highest BCUT2D eigenvalue weighted by Gasteiger charge is 2.58. The van der Waals surface area contributed by atoms with E-state index in [1.165, 1.54) is 0 Å². The number of amides is 1. The van der Waals surface area contributed by atoms with E-state index in [1.54, 1.807) is 21.3 Å². The van der Waals surface area contributed by atoms with Crippen molar-refractivity contribution in [3.63, 3.8) is 0 Å². The van der Waals surface area contributed by atoms with Crippen LogP contribution in [0.3, 0.4) is 0 Å². The van der Waals surface area contributed by atoms with E-state index in [-0.39, 0.29) is 23.5 Å². The lowest BCUT2D eigenvalue weighted by atomic mass is 9.56. The molecule has 1 amide bonds. The lowest BCUT2D eigenvalue weighted by molar-refractivity contribution is -0.176. The predicted octanol–water partition coefficient (Wildman–Crippen LogP) is 0.992. The summed E-state index contributed by atoms with van der Waals surface area (Å²) in [6, 6.07) is 0.654. The van der Waals surface area contributed by atoms with Crippen LogP contribution in [0.4, 0.5) is 0 Å². The number of carbonyl (C=O) groups is 1. The summed E-state index contributed by atoms with van der Waals surface area (Å²) in [7, 11) is 5.13. The van der Waals surface area contributed by atoms with E-state index >= 15 is 0 Å². The Kier molecular flexibility index (Phi) is 6.32. The molecular formula is C18H34N4O3. The average molecular weight is 354 g/mol. The number of ether oxygens (including phenoxy) is 2. The molecule has 2 N–H and O–H groups in total. The Morgan fingerprint density at radius 1 is 1.20 bits per heavy atom. The van der Waals surface area contributed by atoms with E-state index in [9.17, 15) is 4.79 Å². The number of aliphatic imine (C=N–C) groups is 1. The Hall–Kier alpha value is -1.34. The number of nitrogens with zero attached hydrogens (tertiary/aromatic N) is 2. The van der Waals surface area contributed by atoms with Crippen molar-refractivity contribution in [2.45, 2.75) is 57.7 Å². The number of nitrogens with one attached hydrogen (secondary N) is 2. The number of guanidine groups is 1. The van der Waals surface area contributed by atoms with Crippen molar-refractivity contribution in [2.24, 2.45) is 10.4 Å². The maximum Gasteiger partial charge on any atom is 0.248 e. The summed E-state index contributed by atoms with van der Waals surface area (Å²) in [5, 5.41) is 7.05. The van der Waals surface area contributed by atoms with Gasteiger partial charge in [-0.15, -0.1) is 0 Å². The zero-order valence-electron chi connectivity index (χ0n) is 16.5. The maximum atomic E-state index is 11.9. The maximum absolute atomic E-state index is 11.9. The van der Waals surface area contributed by atoms with Gasteiger partial charge in [-0.3, -0.25) is 9.79 Å². The van der Waals surface area contributed by atoms with Gasteiger partial charge in [0.25, 0.3) is 0 Å². The minimum absolute atomic E-state index is 0.0370. The Labute approximate surface area is 151 Å². The fourth-order valence-corrected chi connectivity index (χ4v) is 3.74. The van der Waals surface area contributed by atoms with Crippen LogP contribution in [-0.2, 0) is 14.3 Å². The summed E-state index contributed by atoms with van der Waals surface area (Å²) in [6.07, 6.45) is 2.79. The van der Waals surface area contributed by atoms with Crippen LogP contribution in [0.25, 0.3) is 0 Å². The number of methoxy groups -OCH3 is 2. The molecule has 1 aliphatic heterocycles. The van der Waals surface area contributed by atoms with Gasteiger partial charge in [0.2, 0.25) is 5.91 Å². The topological polar surface area (TPSA) is 75.2 Å². The van der Waals surface area contributed by atoms with Crippen molar-refractivity contribution in [3.8, 4) is 0 Å². The molecule has 0 radical (unpaired) electrons. The summed E-state index contributed by atoms with van der Waals surface area (Å²) in [5.74, 6) is 0.899. The summed E-state index contributed by atoms with van der Waals surface area (Å²) in [6.45, 7) is 8.29. The fraction of sp³-hybridized carbons (Fsp3) is 0.889. The van der Waals surface area contributed by atoms with Gasteiger partial charge in [-0.05, 0) is 26.2 Å². The molecule has 2 fully saturated rings. The van der Waals surface area contributed by atoms with Crippen LogP contribution < -0.4 is 10.6 Å². The van der Waals surface area contributed by atoms with Gasteiger partial charge in [0.05, 0.1) is 5.60 Å². The molecule has 7 heteroatoms. The quantitative estimate of drug-likeness (QED) is 0.569. The molecule has 2 aliphatic rings. The van der Waals surface area contributed by atoms with E-state index < -0.39 is 0 Å². The van der Waals surface area contributed by atoms with Crippen LogP contribution >= 0.6 is 0 Å². The molecule has 0 aromatic rings. The van der Waals surface area contributed by atoms with Crippen molar-refractivity contribution in [1.29, 1.82) is 0 Å². The molecule has 0 aromatic carbocycles. The number of carbonyl (C=O) groups excluding carboxylic acids is 1. The number of hydrogen-bond donors (Lipinski definition) is 2. The van der Waals surface area contributed by atoms with Crippen LogP contribution in [-0.4, -0.2) is 75.4 Å². The first-order valence-electron chi connectivity index (χ1n) is 9.09. The van der Waals surface area contributed by atoms with Crippen LogP contribution in [0.2, 0.25) is 0 Å². The third-order valence-corrected chi connectivity index (χ3v) is 6.27. The highest BCUT2D eigenvalue weighted by molar-refractivity contribution is 5.81. The number of hydrogen-bond acceptors (Lipinski definition) is 4. The van der Waals surface area contributed by atoms with Crippen LogP contribution in [0.1, 0.15) is 40.0 Å². The smallest absolute Gasteiger partial charge is 0.248 e. The van der Waals surface area contributed by atoms with E-state index in [4.69, 9.17) is 9.47 Å². The van der Waals surface area contributed by atoms with Gasteiger partial charge in [0, 0.05) is 51.9 Å². The van der Waals surface area contributed by atoms with E-state index in [1.807, 2.05) is 4.90 Å². The third-order valence-electron chi connectivity index (χ3n) is 6.27. The second-order valence-corrected chi connectivity index (χ2v) is 7.86. The first kappa shape index (κ1) is 20.0. The molecule has 7 nitrogen and oxygen atoms in total. The number of rotatable bonds is 5. The second kappa shape index (κ2) is 7.91. The highest BCUT2D eigenvalue weighted by atomic mass is 16.5. The molecule has 2 rings (SSSR count). The minimum atomic E-state index is -0.101. The van der Waals surface area contributed by atoms with Crippen LogP contribution in [0, 0.1) is 5.41 Å². The lowest BCUT2D eigenvalue weighted by Gasteiger charge is -2.59. The monoisotopic (exact) mass is 354 g/mol. The summed E-state index contributed by atoms with van der Waals surface area (Å²) >= 11 is 0. The average Bonchev–Trinajstić information content (AvgIpc) is 2.60. The van der Waals surface area contributed by atoms with Crippen molar-refractivity contribution < 1.29 is 14.3 Å². The van der Waals surface area contributed by atoms with Crippen LogP contribution in [0.5, 0.6) is 0 Å². The molecule has 1 aliphatic carbocycles. The van der Waals surface area contributed by atoms with Gasteiger partial charge in [-0.1, -0.05) is 13.8 Å². The Morgan fingerprint density at radius 2 is 1.84 bits per heavy atom. The van der Waals surface area contributed by atoms with E-state index in [2.05, 4.69) is 36.4 Å². The first-order valence-corrected chi connectivity index (χ1v) is 9.09. The molecule has 144 valence electrons. The van der Waals surface area contributed by atoms with Gasteiger partial charge < -0.3 is 25.0 Å². The molecule has 0 spiro atoms. The standard InChI is InChI=1S/C18H34N4O3/c1-17(2)14(11-18(17,3)25-6)21-16(19-4)20-13-7-9-22(10-8-13)15(23)12-24-5/h13-14H,7-12H2,1-6H3,(H2,19,20,21). The van der Waals surface area contributed by atoms with Crippen molar-refractivity contribution in [3.05, 3.63) is 0 Å². The van der Waals surface area contributed by atoms with Crippen molar-refractivity contribution in [2.75, 3.05) is 41.0 Å². The molecule has 1 heterocycles. The molecule has 0 aromatic heterocycles. The fourth-order valence-electron chi connectivity index (χ4n) is 3.74. The largest absolute Gasteiger partial charge is 0.378 e.